The molecule has 0 bridgehead atoms. The second kappa shape index (κ2) is 6.13. The van der Waals surface area contributed by atoms with Crippen LogP contribution in [0, 0.1) is 0 Å². The molecule has 0 aliphatic carbocycles. The fraction of sp³-hybridized carbons (Fsp3) is 0.611. The third-order valence-corrected chi connectivity index (χ3v) is 5.46. The first-order valence-electron chi connectivity index (χ1n) is 8.79. The number of aliphatic hydroxyl groups excluding tert-OH is 1. The molecule has 2 saturated heterocycles. The smallest absolute Gasteiger partial charge is 0.255 e. The van der Waals surface area contributed by atoms with Gasteiger partial charge in [-0.25, -0.2) is 0 Å². The van der Waals surface area contributed by atoms with Gasteiger partial charge in [-0.2, -0.15) is 0 Å². The van der Waals surface area contributed by atoms with Crippen LogP contribution in [0.5, 0.6) is 0 Å². The molecule has 3 aliphatic heterocycles. The van der Waals surface area contributed by atoms with Gasteiger partial charge in [-0.15, -0.1) is 0 Å². The number of para-hydroxylation sites is 1. The molecule has 5 heteroatoms. The van der Waals surface area contributed by atoms with Gasteiger partial charge in [-0.1, -0.05) is 12.1 Å². The predicted molar refractivity (Wildman–Crippen MR) is 89.8 cm³/mol. The lowest BCUT2D eigenvalue weighted by Crippen LogP contribution is -2.58. The van der Waals surface area contributed by atoms with Crippen LogP contribution in [0.4, 0.5) is 5.69 Å². The summed E-state index contributed by atoms with van der Waals surface area (Å²) < 4.78 is 0. The van der Waals surface area contributed by atoms with E-state index in [1.54, 1.807) is 0 Å². The Morgan fingerprint density at radius 2 is 2.00 bits per heavy atom. The predicted octanol–water partition coefficient (Wildman–Crippen LogP) is 1.33. The summed E-state index contributed by atoms with van der Waals surface area (Å²) in [7, 11) is 0. The fourth-order valence-corrected chi connectivity index (χ4v) is 4.08. The van der Waals surface area contributed by atoms with E-state index in [4.69, 9.17) is 0 Å². The van der Waals surface area contributed by atoms with Gasteiger partial charge in [0, 0.05) is 38.8 Å². The fourth-order valence-electron chi connectivity index (χ4n) is 4.08. The summed E-state index contributed by atoms with van der Waals surface area (Å²) in [6.07, 6.45) is 4.08. The molecular weight excluding hydrogens is 290 g/mol. The molecule has 0 radical (unpaired) electrons. The highest BCUT2D eigenvalue weighted by atomic mass is 16.3. The number of rotatable bonds is 2. The Balaban J connectivity index is 1.42. The molecule has 0 atom stereocenters. The van der Waals surface area contributed by atoms with Gasteiger partial charge in [-0.3, -0.25) is 9.69 Å². The number of aliphatic hydroxyl groups is 1. The number of carbonyl (C=O) groups is 1. The number of nitrogens with zero attached hydrogens (tertiary/aromatic N) is 2. The van der Waals surface area contributed by atoms with Gasteiger partial charge in [0.25, 0.3) is 5.91 Å². The van der Waals surface area contributed by atoms with Crippen molar-refractivity contribution in [2.24, 2.45) is 0 Å². The number of hydrogen-bond donors (Lipinski definition) is 2. The third-order valence-electron chi connectivity index (χ3n) is 5.46. The summed E-state index contributed by atoms with van der Waals surface area (Å²) in [6.45, 7) is 4.19. The van der Waals surface area contributed by atoms with Crippen molar-refractivity contribution in [1.82, 2.24) is 9.80 Å². The normalized spacial score (nSPS) is 23.1. The Kier molecular flexibility index (Phi) is 3.99. The molecule has 1 aromatic rings. The Bertz CT molecular complexity index is 590. The van der Waals surface area contributed by atoms with Crippen molar-refractivity contribution in [2.45, 2.75) is 37.8 Å². The first-order valence-corrected chi connectivity index (χ1v) is 8.79. The van der Waals surface area contributed by atoms with Crippen LogP contribution >= 0.6 is 0 Å². The van der Waals surface area contributed by atoms with E-state index >= 15 is 0 Å². The van der Waals surface area contributed by atoms with Crippen LogP contribution in [-0.2, 0) is 6.42 Å². The van der Waals surface area contributed by atoms with Gasteiger partial charge in [0.1, 0.15) is 0 Å². The van der Waals surface area contributed by atoms with E-state index in [1.165, 1.54) is 5.56 Å². The molecule has 2 N–H and O–H groups in total. The van der Waals surface area contributed by atoms with Gasteiger partial charge < -0.3 is 15.3 Å². The minimum absolute atomic E-state index is 0.142. The zero-order chi connectivity index (χ0) is 15.8. The first kappa shape index (κ1) is 15.0. The molecule has 3 heterocycles. The topological polar surface area (TPSA) is 55.8 Å². The van der Waals surface area contributed by atoms with Gasteiger partial charge in [0.2, 0.25) is 0 Å². The molecule has 124 valence electrons. The molecule has 0 spiro atoms. The summed E-state index contributed by atoms with van der Waals surface area (Å²) >= 11 is 0. The Hall–Kier alpha value is -1.59. The maximum atomic E-state index is 12.9. The molecule has 23 heavy (non-hydrogen) atoms. The highest BCUT2D eigenvalue weighted by Crippen LogP contribution is 2.29. The Morgan fingerprint density at radius 3 is 2.74 bits per heavy atom. The van der Waals surface area contributed by atoms with Crippen LogP contribution in [0.3, 0.4) is 0 Å². The van der Waals surface area contributed by atoms with E-state index in [1.807, 2.05) is 17.0 Å². The maximum Gasteiger partial charge on any atom is 0.255 e. The Labute approximate surface area is 137 Å². The van der Waals surface area contributed by atoms with E-state index < -0.39 is 0 Å². The standard InChI is InChI=1S/C18H25N3O2/c22-15-11-21(12-15)14-6-9-20(10-7-14)18(23)16-5-1-3-13-4-2-8-19-17(13)16/h1,3,5,14-15,19,22H,2,4,6-12H2. The largest absolute Gasteiger partial charge is 0.390 e. The second-order valence-corrected chi connectivity index (χ2v) is 7.00. The monoisotopic (exact) mass is 315 g/mol. The zero-order valence-corrected chi connectivity index (χ0v) is 13.5. The molecule has 3 aliphatic rings. The van der Waals surface area contributed by atoms with E-state index in [2.05, 4.69) is 16.3 Å². The average molecular weight is 315 g/mol. The molecule has 4 rings (SSSR count). The third kappa shape index (κ3) is 2.83. The van der Waals surface area contributed by atoms with Crippen molar-refractivity contribution < 1.29 is 9.90 Å². The van der Waals surface area contributed by atoms with Crippen LogP contribution < -0.4 is 5.32 Å². The van der Waals surface area contributed by atoms with Crippen LogP contribution in [0.25, 0.3) is 0 Å². The summed E-state index contributed by atoms with van der Waals surface area (Å²) in [6, 6.07) is 6.62. The van der Waals surface area contributed by atoms with Crippen molar-refractivity contribution in [1.29, 1.82) is 0 Å². The summed E-state index contributed by atoms with van der Waals surface area (Å²) in [5.41, 5.74) is 3.16. The highest BCUT2D eigenvalue weighted by Gasteiger charge is 2.34. The Morgan fingerprint density at radius 1 is 1.22 bits per heavy atom. The van der Waals surface area contributed by atoms with Crippen molar-refractivity contribution in [2.75, 3.05) is 38.0 Å². The number of piperidine rings is 1. The maximum absolute atomic E-state index is 12.9. The van der Waals surface area contributed by atoms with Gasteiger partial charge in [0.15, 0.2) is 0 Å². The van der Waals surface area contributed by atoms with Crippen molar-refractivity contribution in [3.05, 3.63) is 29.3 Å². The van der Waals surface area contributed by atoms with Gasteiger partial charge in [0.05, 0.1) is 17.4 Å². The van der Waals surface area contributed by atoms with Crippen LogP contribution in [-0.4, -0.2) is 65.7 Å². The number of fused-ring (bicyclic) bond motifs is 1. The summed E-state index contributed by atoms with van der Waals surface area (Å²) in [5.74, 6) is 0.165. The zero-order valence-electron chi connectivity index (χ0n) is 13.5. The molecule has 1 aromatic carbocycles. The van der Waals surface area contributed by atoms with E-state index in [9.17, 15) is 9.90 Å². The van der Waals surface area contributed by atoms with E-state index in [0.717, 1.165) is 69.7 Å². The van der Waals surface area contributed by atoms with E-state index in [0.29, 0.717) is 6.04 Å². The number of amides is 1. The second-order valence-electron chi connectivity index (χ2n) is 7.00. The van der Waals surface area contributed by atoms with Crippen molar-refractivity contribution in [3.8, 4) is 0 Å². The lowest BCUT2D eigenvalue weighted by Gasteiger charge is -2.45. The molecular formula is C18H25N3O2. The SMILES string of the molecule is O=C(c1cccc2c1NCCC2)N1CCC(N2CC(O)C2)CC1. The molecule has 0 aromatic heterocycles. The number of anilines is 1. The van der Waals surface area contributed by atoms with Crippen molar-refractivity contribution in [3.63, 3.8) is 0 Å². The number of nitrogens with one attached hydrogen (secondary N) is 1. The quantitative estimate of drug-likeness (QED) is 0.864. The van der Waals surface area contributed by atoms with Crippen LogP contribution in [0.15, 0.2) is 18.2 Å². The number of β-amino-alcohol motifs (C(OH)–C–C–N with tert-alkyl or cyclic N) is 1. The van der Waals surface area contributed by atoms with Gasteiger partial charge >= 0.3 is 0 Å². The molecule has 1 amide bonds. The average Bonchev–Trinajstić information content (AvgIpc) is 2.58. The lowest BCUT2D eigenvalue weighted by molar-refractivity contribution is -0.0381. The van der Waals surface area contributed by atoms with Crippen LogP contribution in [0.2, 0.25) is 0 Å². The molecule has 5 nitrogen and oxygen atoms in total. The number of aryl methyl sites for hydroxylation is 1. The first-order chi connectivity index (χ1) is 11.2. The minimum Gasteiger partial charge on any atom is -0.390 e. The molecule has 2 fully saturated rings. The number of carbonyl (C=O) groups excluding carboxylic acids is 1. The summed E-state index contributed by atoms with van der Waals surface area (Å²) in [5, 5.41) is 12.9. The molecule has 0 unspecified atom stereocenters. The number of benzene rings is 1. The van der Waals surface area contributed by atoms with E-state index in [-0.39, 0.29) is 12.0 Å². The lowest BCUT2D eigenvalue weighted by atomic mass is 9.96. The summed E-state index contributed by atoms with van der Waals surface area (Å²) in [4.78, 5) is 17.3. The highest BCUT2D eigenvalue weighted by molar-refractivity contribution is 6.00. The van der Waals surface area contributed by atoms with Crippen molar-refractivity contribution >= 4 is 11.6 Å². The van der Waals surface area contributed by atoms with Crippen LogP contribution in [0.1, 0.15) is 35.2 Å². The van der Waals surface area contributed by atoms with Gasteiger partial charge in [-0.05, 0) is 37.3 Å². The molecule has 0 saturated carbocycles. The number of hydrogen-bond acceptors (Lipinski definition) is 4. The minimum atomic E-state index is -0.142. The number of likely N-dealkylation sites (tertiary alicyclic amines) is 2.